The molecule has 2 heterocycles. The van der Waals surface area contributed by atoms with E-state index in [9.17, 15) is 9.18 Å². The van der Waals surface area contributed by atoms with Gasteiger partial charge >= 0.3 is 0 Å². The van der Waals surface area contributed by atoms with Crippen LogP contribution in [0.5, 0.6) is 0 Å². The number of alkyl halides is 1. The summed E-state index contributed by atoms with van der Waals surface area (Å²) in [4.78, 5) is 14.1. The van der Waals surface area contributed by atoms with Gasteiger partial charge in [-0.2, -0.15) is 0 Å². The lowest BCUT2D eigenvalue weighted by Gasteiger charge is -2.33. The van der Waals surface area contributed by atoms with Gasteiger partial charge in [0.1, 0.15) is 11.7 Å². The van der Waals surface area contributed by atoms with E-state index in [1.54, 1.807) is 27.8 Å². The fourth-order valence-corrected chi connectivity index (χ4v) is 3.63. The van der Waals surface area contributed by atoms with Gasteiger partial charge in [-0.15, -0.1) is 16.7 Å². The van der Waals surface area contributed by atoms with Crippen molar-refractivity contribution in [2.75, 3.05) is 5.88 Å². The van der Waals surface area contributed by atoms with Gasteiger partial charge in [-0.05, 0) is 22.2 Å². The van der Waals surface area contributed by atoms with Crippen molar-refractivity contribution in [3.8, 4) is 0 Å². The largest absolute Gasteiger partial charge is 0.334 e. The number of aryl methyl sites for hydroxylation is 1. The van der Waals surface area contributed by atoms with Crippen LogP contribution >= 0.6 is 11.6 Å². The van der Waals surface area contributed by atoms with Gasteiger partial charge in [0, 0.05) is 36.5 Å². The number of hydrogen-bond acceptors (Lipinski definition) is 4. The highest BCUT2D eigenvalue weighted by Crippen LogP contribution is 2.25. The molecule has 2 aromatic carbocycles. The Bertz CT molecular complexity index is 960. The van der Waals surface area contributed by atoms with E-state index in [2.05, 4.69) is 15.5 Å². The third-order valence-corrected chi connectivity index (χ3v) is 5.09. The van der Waals surface area contributed by atoms with Crippen LogP contribution in [0.4, 0.5) is 4.39 Å². The van der Waals surface area contributed by atoms with Crippen molar-refractivity contribution >= 4 is 28.3 Å². The van der Waals surface area contributed by atoms with Gasteiger partial charge in [-0.25, -0.2) is 9.07 Å². The minimum absolute atomic E-state index is 0.106. The third kappa shape index (κ3) is 3.03. The van der Waals surface area contributed by atoms with E-state index in [0.29, 0.717) is 30.3 Å². The molecular formula is C18H17ClFN5O. The molecule has 0 bridgehead atoms. The molecule has 6 nitrogen and oxygen atoms in total. The van der Waals surface area contributed by atoms with E-state index in [1.165, 1.54) is 0 Å². The molecule has 0 spiro atoms. The molecule has 0 saturated heterocycles. The number of benzene rings is 2. The molecule has 134 valence electrons. The number of tetrazole rings is 1. The lowest BCUT2D eigenvalue weighted by molar-refractivity contribution is -0.132. The summed E-state index contributed by atoms with van der Waals surface area (Å²) in [6.45, 7) is 0.799. The van der Waals surface area contributed by atoms with Crippen molar-refractivity contribution < 1.29 is 9.18 Å². The van der Waals surface area contributed by atoms with Gasteiger partial charge in [0.05, 0.1) is 0 Å². The lowest BCUT2D eigenvalue weighted by Crippen LogP contribution is -2.44. The number of carbonyl (C=O) groups excluding carboxylic acids is 1. The Morgan fingerprint density at radius 3 is 3.00 bits per heavy atom. The smallest absolute Gasteiger partial charge is 0.238 e. The average Bonchev–Trinajstić information content (AvgIpc) is 3.15. The van der Waals surface area contributed by atoms with Crippen LogP contribution in [-0.4, -0.2) is 42.9 Å². The van der Waals surface area contributed by atoms with Gasteiger partial charge in [-0.3, -0.25) is 4.79 Å². The minimum atomic E-state index is -0.295. The number of halogens is 2. The van der Waals surface area contributed by atoms with E-state index in [1.807, 2.05) is 18.2 Å². The molecule has 1 amide bonds. The molecule has 1 aromatic heterocycles. The zero-order chi connectivity index (χ0) is 18.1. The van der Waals surface area contributed by atoms with Crippen LogP contribution in [0.25, 0.3) is 10.8 Å². The lowest BCUT2D eigenvalue weighted by atomic mass is 10.0. The molecule has 1 atom stereocenters. The van der Waals surface area contributed by atoms with Crippen LogP contribution < -0.4 is 0 Å². The van der Waals surface area contributed by atoms with Gasteiger partial charge in [0.2, 0.25) is 5.91 Å². The van der Waals surface area contributed by atoms with Gasteiger partial charge in [0.15, 0.2) is 5.82 Å². The normalized spacial score (nSPS) is 16.5. The number of nitrogens with zero attached hydrogens (tertiary/aromatic N) is 5. The van der Waals surface area contributed by atoms with Crippen molar-refractivity contribution in [1.82, 2.24) is 25.1 Å². The molecule has 1 aliphatic rings. The summed E-state index contributed by atoms with van der Waals surface area (Å²) in [6, 6.07) is 10.8. The van der Waals surface area contributed by atoms with Crippen LogP contribution in [0.15, 0.2) is 36.4 Å². The number of rotatable bonds is 4. The zero-order valence-corrected chi connectivity index (χ0v) is 14.7. The van der Waals surface area contributed by atoms with E-state index in [0.717, 1.165) is 11.2 Å². The molecule has 0 N–H and O–H groups in total. The second-order valence-corrected chi connectivity index (χ2v) is 6.65. The summed E-state index contributed by atoms with van der Waals surface area (Å²) in [7, 11) is 0. The Kier molecular flexibility index (Phi) is 4.55. The Hall–Kier alpha value is -2.54. The molecule has 4 rings (SSSR count). The SMILES string of the molecule is O=C(CCl)N(Cc1ccc2ccccc2c1F)C1CCn2nnnc2C1. The summed E-state index contributed by atoms with van der Waals surface area (Å²) in [6.07, 6.45) is 1.24. The molecule has 0 fully saturated rings. The number of hydrogen-bond donors (Lipinski definition) is 0. The second kappa shape index (κ2) is 6.99. The van der Waals surface area contributed by atoms with E-state index in [-0.39, 0.29) is 30.2 Å². The van der Waals surface area contributed by atoms with E-state index >= 15 is 0 Å². The van der Waals surface area contributed by atoms with Crippen molar-refractivity contribution in [3.63, 3.8) is 0 Å². The summed E-state index contributed by atoms with van der Waals surface area (Å²) < 4.78 is 16.7. The van der Waals surface area contributed by atoms with Gasteiger partial charge in [0.25, 0.3) is 0 Å². The predicted octanol–water partition coefficient (Wildman–Crippen LogP) is 2.55. The zero-order valence-electron chi connectivity index (χ0n) is 14.0. The maximum absolute atomic E-state index is 14.9. The Morgan fingerprint density at radius 1 is 1.31 bits per heavy atom. The van der Waals surface area contributed by atoms with E-state index < -0.39 is 0 Å². The van der Waals surface area contributed by atoms with Crippen molar-refractivity contribution in [1.29, 1.82) is 0 Å². The van der Waals surface area contributed by atoms with Gasteiger partial charge in [-0.1, -0.05) is 36.4 Å². The van der Waals surface area contributed by atoms with Gasteiger partial charge < -0.3 is 4.90 Å². The summed E-state index contributed by atoms with van der Waals surface area (Å²) in [5.41, 5.74) is 0.479. The first-order valence-corrected chi connectivity index (χ1v) is 8.97. The number of aromatic nitrogens is 4. The quantitative estimate of drug-likeness (QED) is 0.659. The first-order chi connectivity index (χ1) is 12.7. The highest BCUT2D eigenvalue weighted by atomic mass is 35.5. The first-order valence-electron chi connectivity index (χ1n) is 8.44. The maximum atomic E-state index is 14.9. The summed E-state index contributed by atoms with van der Waals surface area (Å²) >= 11 is 5.82. The topological polar surface area (TPSA) is 63.9 Å². The number of carbonyl (C=O) groups is 1. The van der Waals surface area contributed by atoms with E-state index in [4.69, 9.17) is 11.6 Å². The predicted molar refractivity (Wildman–Crippen MR) is 95.1 cm³/mol. The fraction of sp³-hybridized carbons (Fsp3) is 0.333. The van der Waals surface area contributed by atoms with Crippen LogP contribution in [-0.2, 0) is 24.3 Å². The first kappa shape index (κ1) is 16.9. The van der Waals surface area contributed by atoms with Crippen LogP contribution in [0.1, 0.15) is 17.8 Å². The molecule has 0 saturated carbocycles. The molecule has 0 radical (unpaired) electrons. The Balaban J connectivity index is 1.64. The maximum Gasteiger partial charge on any atom is 0.238 e. The molecule has 1 aliphatic heterocycles. The highest BCUT2D eigenvalue weighted by molar-refractivity contribution is 6.27. The molecule has 0 aliphatic carbocycles. The standard InChI is InChI=1S/C18H17ClFN5O/c19-10-17(26)24(14-7-8-25-16(9-14)21-22-23-25)11-13-6-5-12-3-1-2-4-15(12)18(13)20/h1-6,14H,7-11H2. The highest BCUT2D eigenvalue weighted by Gasteiger charge is 2.29. The van der Waals surface area contributed by atoms with Crippen LogP contribution in [0.3, 0.4) is 0 Å². The van der Waals surface area contributed by atoms with Crippen molar-refractivity contribution in [2.24, 2.45) is 0 Å². The minimum Gasteiger partial charge on any atom is -0.334 e. The Labute approximate surface area is 154 Å². The Morgan fingerprint density at radius 2 is 2.15 bits per heavy atom. The average molecular weight is 374 g/mol. The van der Waals surface area contributed by atoms with Crippen LogP contribution in [0, 0.1) is 5.82 Å². The third-order valence-electron chi connectivity index (χ3n) is 4.86. The molecule has 26 heavy (non-hydrogen) atoms. The summed E-state index contributed by atoms with van der Waals surface area (Å²) in [5.74, 6) is 0.0743. The van der Waals surface area contributed by atoms with Crippen LogP contribution in [0.2, 0.25) is 0 Å². The molecular weight excluding hydrogens is 357 g/mol. The monoisotopic (exact) mass is 373 g/mol. The number of amides is 1. The second-order valence-electron chi connectivity index (χ2n) is 6.38. The van der Waals surface area contributed by atoms with Crippen molar-refractivity contribution in [2.45, 2.75) is 32.0 Å². The molecule has 1 unspecified atom stereocenters. The summed E-state index contributed by atoms with van der Waals surface area (Å²) in [5, 5.41) is 13.0. The van der Waals surface area contributed by atoms with Crippen molar-refractivity contribution in [3.05, 3.63) is 53.6 Å². The number of fused-ring (bicyclic) bond motifs is 2. The molecule has 3 aromatic rings. The fourth-order valence-electron chi connectivity index (χ4n) is 3.48. The molecule has 8 heteroatoms.